The van der Waals surface area contributed by atoms with Crippen molar-refractivity contribution in [1.29, 1.82) is 0 Å². The summed E-state index contributed by atoms with van der Waals surface area (Å²) in [7, 11) is 0. The van der Waals surface area contributed by atoms with Crippen LogP contribution in [-0.2, 0) is 14.3 Å². The van der Waals surface area contributed by atoms with Gasteiger partial charge in [0.2, 0.25) is 0 Å². The first-order valence-electron chi connectivity index (χ1n) is 22.4. The molecule has 1 saturated heterocycles. The number of unbranched alkanes of at least 4 members (excludes halogenated alkanes) is 20. The number of aliphatic hydroxyl groups excluding tert-OH is 1. The lowest BCUT2D eigenvalue weighted by molar-refractivity contribution is -0.143. The van der Waals surface area contributed by atoms with Gasteiger partial charge in [-0.3, -0.25) is 14.6 Å². The Morgan fingerprint density at radius 2 is 1.16 bits per heavy atom. The van der Waals surface area contributed by atoms with Crippen LogP contribution in [-0.4, -0.2) is 86.1 Å². The first kappa shape index (κ1) is 47.3. The summed E-state index contributed by atoms with van der Waals surface area (Å²) in [6.45, 7) is 15.0. The highest BCUT2D eigenvalue weighted by Crippen LogP contribution is 2.21. The molecule has 6 heteroatoms. The lowest BCUT2D eigenvalue weighted by Gasteiger charge is -2.29. The average molecular weight is 709 g/mol. The van der Waals surface area contributed by atoms with Crippen molar-refractivity contribution in [1.82, 2.24) is 9.80 Å². The monoisotopic (exact) mass is 709 g/mol. The quantitative estimate of drug-likeness (QED) is 0.0507. The molecular weight excluding hydrogens is 620 g/mol. The normalized spacial score (nSPS) is 15.7. The Hall–Kier alpha value is -0.690. The summed E-state index contributed by atoms with van der Waals surface area (Å²) < 4.78 is 11.8. The fourth-order valence-corrected chi connectivity index (χ4v) is 7.69. The molecular formula is C44H88N2O4. The second kappa shape index (κ2) is 36.7. The summed E-state index contributed by atoms with van der Waals surface area (Å²) in [5.41, 5.74) is 0. The van der Waals surface area contributed by atoms with Gasteiger partial charge in [0.25, 0.3) is 0 Å². The van der Waals surface area contributed by atoms with E-state index in [0.717, 1.165) is 71.0 Å². The van der Waals surface area contributed by atoms with Gasteiger partial charge in [0.05, 0.1) is 13.2 Å². The van der Waals surface area contributed by atoms with Crippen LogP contribution in [0.5, 0.6) is 0 Å². The van der Waals surface area contributed by atoms with Crippen LogP contribution in [0, 0.1) is 5.92 Å². The van der Waals surface area contributed by atoms with Crippen LogP contribution in [0.25, 0.3) is 0 Å². The first-order valence-corrected chi connectivity index (χ1v) is 22.4. The Balaban J connectivity index is 2.23. The Kier molecular flexibility index (Phi) is 34.7. The maximum absolute atomic E-state index is 12.1. The van der Waals surface area contributed by atoms with E-state index in [1.807, 2.05) is 0 Å². The zero-order valence-corrected chi connectivity index (χ0v) is 34.1. The highest BCUT2D eigenvalue weighted by atomic mass is 16.5. The molecule has 0 aromatic rings. The SMILES string of the molecule is CCCCCCCCCC(=O)OCCCCCCN(CCCCCCOCC(CCCCCC)CCCCCCCC)[C@@H]1CCN(CCO)C1. The molecule has 0 radical (unpaired) electrons. The standard InChI is InChI=1S/C44H88N2O4/c1-4-7-10-13-15-17-24-31-44(48)50-39-28-21-19-26-34-46(43-32-35-45(40-43)36-37-47)33-25-18-20-27-38-49-41-42(29-22-12-9-6-3)30-23-16-14-11-8-5-2/h42-43,47H,4-41H2,1-3H3/t42?,43-/m1/s1. The molecule has 298 valence electrons. The van der Waals surface area contributed by atoms with Gasteiger partial charge in [-0.15, -0.1) is 0 Å². The van der Waals surface area contributed by atoms with Crippen molar-refractivity contribution in [2.45, 2.75) is 213 Å². The highest BCUT2D eigenvalue weighted by Gasteiger charge is 2.26. The smallest absolute Gasteiger partial charge is 0.305 e. The second-order valence-electron chi connectivity index (χ2n) is 15.8. The molecule has 1 unspecified atom stereocenters. The summed E-state index contributed by atoms with van der Waals surface area (Å²) in [4.78, 5) is 17.2. The number of aliphatic hydroxyl groups is 1. The van der Waals surface area contributed by atoms with Crippen LogP contribution in [0.15, 0.2) is 0 Å². The number of ether oxygens (including phenoxy) is 2. The average Bonchev–Trinajstić information content (AvgIpc) is 3.59. The topological polar surface area (TPSA) is 62.2 Å². The predicted octanol–water partition coefficient (Wildman–Crippen LogP) is 11.5. The van der Waals surface area contributed by atoms with E-state index in [9.17, 15) is 9.90 Å². The molecule has 1 rings (SSSR count). The molecule has 1 aliphatic heterocycles. The number of hydrogen-bond donors (Lipinski definition) is 1. The molecule has 2 atom stereocenters. The largest absolute Gasteiger partial charge is 0.466 e. The van der Waals surface area contributed by atoms with Crippen molar-refractivity contribution in [2.75, 3.05) is 59.2 Å². The zero-order valence-electron chi connectivity index (χ0n) is 34.1. The zero-order chi connectivity index (χ0) is 36.2. The van der Waals surface area contributed by atoms with Gasteiger partial charge in [-0.25, -0.2) is 0 Å². The second-order valence-corrected chi connectivity index (χ2v) is 15.8. The maximum Gasteiger partial charge on any atom is 0.305 e. The van der Waals surface area contributed by atoms with Crippen molar-refractivity contribution in [2.24, 2.45) is 5.92 Å². The van der Waals surface area contributed by atoms with Crippen LogP contribution in [0.3, 0.4) is 0 Å². The van der Waals surface area contributed by atoms with Gasteiger partial charge in [-0.2, -0.15) is 0 Å². The molecule has 0 saturated carbocycles. The Labute approximate surface area is 312 Å². The van der Waals surface area contributed by atoms with Gasteiger partial charge in [-0.1, -0.05) is 149 Å². The maximum atomic E-state index is 12.1. The Morgan fingerprint density at radius 3 is 1.76 bits per heavy atom. The number of esters is 1. The van der Waals surface area contributed by atoms with E-state index >= 15 is 0 Å². The summed E-state index contributed by atoms with van der Waals surface area (Å²) in [6.07, 6.45) is 36.5. The summed E-state index contributed by atoms with van der Waals surface area (Å²) in [6, 6.07) is 0.624. The van der Waals surface area contributed by atoms with Gasteiger partial charge in [0.15, 0.2) is 0 Å². The van der Waals surface area contributed by atoms with E-state index in [2.05, 4.69) is 30.6 Å². The lowest BCUT2D eigenvalue weighted by atomic mass is 9.95. The minimum absolute atomic E-state index is 0.00420. The summed E-state index contributed by atoms with van der Waals surface area (Å²) >= 11 is 0. The molecule has 0 aromatic heterocycles. The molecule has 0 aromatic carbocycles. The molecule has 0 aliphatic carbocycles. The van der Waals surface area contributed by atoms with E-state index in [1.165, 1.54) is 161 Å². The van der Waals surface area contributed by atoms with Crippen LogP contribution < -0.4 is 0 Å². The van der Waals surface area contributed by atoms with Gasteiger partial charge in [0, 0.05) is 38.8 Å². The molecule has 0 spiro atoms. The molecule has 1 fully saturated rings. The third-order valence-corrected chi connectivity index (χ3v) is 11.0. The van der Waals surface area contributed by atoms with Crippen molar-refractivity contribution in [3.8, 4) is 0 Å². The molecule has 1 aliphatic rings. The third-order valence-electron chi connectivity index (χ3n) is 11.0. The fourth-order valence-electron chi connectivity index (χ4n) is 7.69. The molecule has 1 N–H and O–H groups in total. The minimum Gasteiger partial charge on any atom is -0.466 e. The van der Waals surface area contributed by atoms with E-state index in [-0.39, 0.29) is 12.6 Å². The van der Waals surface area contributed by atoms with Gasteiger partial charge >= 0.3 is 5.97 Å². The van der Waals surface area contributed by atoms with Gasteiger partial charge in [0.1, 0.15) is 0 Å². The number of hydrogen-bond acceptors (Lipinski definition) is 6. The molecule has 0 amide bonds. The van der Waals surface area contributed by atoms with Crippen molar-refractivity contribution < 1.29 is 19.4 Å². The minimum atomic E-state index is -0.00420. The Morgan fingerprint density at radius 1 is 0.660 bits per heavy atom. The summed E-state index contributed by atoms with van der Waals surface area (Å²) in [5.74, 6) is 0.758. The number of nitrogens with zero attached hydrogens (tertiary/aromatic N) is 2. The highest BCUT2D eigenvalue weighted by molar-refractivity contribution is 5.69. The predicted molar refractivity (Wildman–Crippen MR) is 215 cm³/mol. The van der Waals surface area contributed by atoms with Crippen LogP contribution in [0.1, 0.15) is 207 Å². The fraction of sp³-hybridized carbons (Fsp3) is 0.977. The van der Waals surface area contributed by atoms with Gasteiger partial charge in [-0.05, 0) is 76.9 Å². The molecule has 1 heterocycles. The first-order chi connectivity index (χ1) is 24.6. The van der Waals surface area contributed by atoms with E-state index in [1.54, 1.807) is 0 Å². The van der Waals surface area contributed by atoms with Crippen molar-refractivity contribution >= 4 is 5.97 Å². The number of rotatable bonds is 39. The van der Waals surface area contributed by atoms with Crippen LogP contribution >= 0.6 is 0 Å². The number of β-amino-alcohol motifs (C(OH)–C–C–N with tert-alkyl or cyclic N) is 1. The molecule has 6 nitrogen and oxygen atoms in total. The van der Waals surface area contributed by atoms with Crippen molar-refractivity contribution in [3.63, 3.8) is 0 Å². The third kappa shape index (κ3) is 28.8. The van der Waals surface area contributed by atoms with E-state index < -0.39 is 0 Å². The lowest BCUT2D eigenvalue weighted by Crippen LogP contribution is -2.39. The number of carbonyl (C=O) groups excluding carboxylic acids is 1. The molecule has 0 bridgehead atoms. The van der Waals surface area contributed by atoms with E-state index in [0.29, 0.717) is 19.1 Å². The van der Waals surface area contributed by atoms with Crippen molar-refractivity contribution in [3.05, 3.63) is 0 Å². The number of carbonyl (C=O) groups is 1. The van der Waals surface area contributed by atoms with Gasteiger partial charge < -0.3 is 14.6 Å². The number of likely N-dealkylation sites (tertiary alicyclic amines) is 1. The Bertz CT molecular complexity index is 708. The van der Waals surface area contributed by atoms with Crippen LogP contribution in [0.2, 0.25) is 0 Å². The van der Waals surface area contributed by atoms with Crippen LogP contribution in [0.4, 0.5) is 0 Å². The summed E-state index contributed by atoms with van der Waals surface area (Å²) in [5, 5.41) is 9.45. The molecule has 50 heavy (non-hydrogen) atoms. The van der Waals surface area contributed by atoms with E-state index in [4.69, 9.17) is 9.47 Å².